The van der Waals surface area contributed by atoms with E-state index in [1.54, 1.807) is 0 Å². The highest BCUT2D eigenvalue weighted by Crippen LogP contribution is 2.03. The molecule has 14 heavy (non-hydrogen) atoms. The zero-order valence-electron chi connectivity index (χ0n) is 7.33. The van der Waals surface area contributed by atoms with Crippen LogP contribution in [-0.2, 0) is 9.59 Å². The van der Waals surface area contributed by atoms with Gasteiger partial charge in [0.25, 0.3) is 0 Å². The maximum absolute atomic E-state index is 11.4. The van der Waals surface area contributed by atoms with Gasteiger partial charge in [-0.25, -0.2) is 0 Å². The maximum Gasteiger partial charge on any atom is 0.228 e. The van der Waals surface area contributed by atoms with E-state index in [9.17, 15) is 9.59 Å². The number of Topliss-reactive ketones (excluding diaryl/α,β-unsaturated/α-hetero) is 1. The van der Waals surface area contributed by atoms with Crippen LogP contribution >= 0.6 is 12.6 Å². The zero-order chi connectivity index (χ0) is 11.1. The Morgan fingerprint density at radius 3 is 2.50 bits per heavy atom. The molecule has 0 aromatic heterocycles. The van der Waals surface area contributed by atoms with Gasteiger partial charge in [-0.3, -0.25) is 9.59 Å². The van der Waals surface area contributed by atoms with Crippen molar-refractivity contribution in [2.45, 2.75) is 6.04 Å². The van der Waals surface area contributed by atoms with Crippen LogP contribution < -0.4 is 11.5 Å². The van der Waals surface area contributed by atoms with Crippen LogP contribution in [0.25, 0.3) is 10.4 Å². The van der Waals surface area contributed by atoms with Crippen molar-refractivity contribution >= 4 is 24.3 Å². The highest BCUT2D eigenvalue weighted by Gasteiger charge is 2.27. The van der Waals surface area contributed by atoms with Gasteiger partial charge in [0.2, 0.25) is 5.91 Å². The number of hydrogen-bond donors (Lipinski definition) is 3. The van der Waals surface area contributed by atoms with Crippen molar-refractivity contribution in [2.75, 3.05) is 12.3 Å². The van der Waals surface area contributed by atoms with E-state index in [0.29, 0.717) is 0 Å². The molecule has 8 heteroatoms. The van der Waals surface area contributed by atoms with Crippen LogP contribution in [0.3, 0.4) is 0 Å². The fraction of sp³-hybridized carbons (Fsp3) is 0.667. The van der Waals surface area contributed by atoms with Gasteiger partial charge in [-0.1, -0.05) is 5.11 Å². The summed E-state index contributed by atoms with van der Waals surface area (Å²) in [4.78, 5) is 24.6. The first-order chi connectivity index (χ1) is 6.54. The van der Waals surface area contributed by atoms with Gasteiger partial charge in [0.05, 0.1) is 6.04 Å². The normalized spacial score (nSPS) is 13.9. The Balaban J connectivity index is 4.56. The summed E-state index contributed by atoms with van der Waals surface area (Å²) in [6.07, 6.45) is 0. The van der Waals surface area contributed by atoms with Crippen LogP contribution in [0.1, 0.15) is 0 Å². The third-order valence-electron chi connectivity index (χ3n) is 1.58. The molecule has 0 bridgehead atoms. The first-order valence-electron chi connectivity index (χ1n) is 3.75. The molecule has 78 valence electrons. The Hall–Kier alpha value is -1.24. The molecule has 0 rings (SSSR count). The fourth-order valence-corrected chi connectivity index (χ4v) is 0.967. The Kier molecular flexibility index (Phi) is 5.70. The molecule has 0 aliphatic heterocycles. The third kappa shape index (κ3) is 3.65. The van der Waals surface area contributed by atoms with Gasteiger partial charge in [-0.15, -0.1) is 0 Å². The lowest BCUT2D eigenvalue weighted by Gasteiger charge is -2.13. The van der Waals surface area contributed by atoms with Crippen molar-refractivity contribution in [3.63, 3.8) is 0 Å². The molecule has 0 aromatic carbocycles. The van der Waals surface area contributed by atoms with Crippen molar-refractivity contribution in [1.82, 2.24) is 0 Å². The van der Waals surface area contributed by atoms with Gasteiger partial charge >= 0.3 is 0 Å². The number of primary amides is 1. The van der Waals surface area contributed by atoms with Crippen molar-refractivity contribution in [3.8, 4) is 0 Å². The molecule has 0 saturated carbocycles. The van der Waals surface area contributed by atoms with Gasteiger partial charge in [0.15, 0.2) is 5.78 Å². The van der Waals surface area contributed by atoms with Crippen LogP contribution in [0.4, 0.5) is 0 Å². The summed E-state index contributed by atoms with van der Waals surface area (Å²) in [6.45, 7) is -0.299. The highest BCUT2D eigenvalue weighted by molar-refractivity contribution is 7.80. The second-order valence-corrected chi connectivity index (χ2v) is 2.92. The molecule has 7 nitrogen and oxygen atoms in total. The van der Waals surface area contributed by atoms with E-state index < -0.39 is 23.7 Å². The molecule has 0 saturated heterocycles. The number of rotatable bonds is 6. The number of hydrogen-bond acceptors (Lipinski definition) is 5. The maximum atomic E-state index is 11.4. The third-order valence-corrected chi connectivity index (χ3v) is 1.97. The molecule has 0 aliphatic rings. The van der Waals surface area contributed by atoms with Crippen LogP contribution in [-0.4, -0.2) is 30.0 Å². The number of nitrogens with two attached hydrogens (primary N) is 2. The van der Waals surface area contributed by atoms with E-state index in [1.165, 1.54) is 0 Å². The Bertz CT molecular complexity index is 275. The summed E-state index contributed by atoms with van der Waals surface area (Å²) >= 11 is 3.81. The standard InChI is InChI=1S/C6H11N5O2S/c7-4(2-14)5(12)3(6(8)13)1-10-11-9/h3-4,14H,1-2,7H2,(H2,8,13)/t3?,4-/m0/s1. The molecular weight excluding hydrogens is 206 g/mol. The lowest BCUT2D eigenvalue weighted by molar-refractivity contribution is -0.132. The monoisotopic (exact) mass is 217 g/mol. The van der Waals surface area contributed by atoms with Gasteiger partial charge in [0, 0.05) is 17.2 Å². The smallest absolute Gasteiger partial charge is 0.228 e. The van der Waals surface area contributed by atoms with Gasteiger partial charge in [-0.05, 0) is 5.53 Å². The molecule has 0 heterocycles. The number of ketones is 1. The molecule has 0 spiro atoms. The van der Waals surface area contributed by atoms with E-state index in [2.05, 4.69) is 22.7 Å². The molecule has 0 radical (unpaired) electrons. The van der Waals surface area contributed by atoms with E-state index in [4.69, 9.17) is 17.0 Å². The van der Waals surface area contributed by atoms with E-state index in [-0.39, 0.29) is 12.3 Å². The quantitative estimate of drug-likeness (QED) is 0.177. The Morgan fingerprint density at radius 2 is 2.14 bits per heavy atom. The molecule has 0 aliphatic carbocycles. The van der Waals surface area contributed by atoms with Crippen LogP contribution in [0.2, 0.25) is 0 Å². The minimum Gasteiger partial charge on any atom is -0.369 e. The van der Waals surface area contributed by atoms with E-state index in [1.807, 2.05) is 0 Å². The molecule has 4 N–H and O–H groups in total. The minimum atomic E-state index is -1.16. The largest absolute Gasteiger partial charge is 0.369 e. The topological polar surface area (TPSA) is 135 Å². The first-order valence-corrected chi connectivity index (χ1v) is 4.38. The second kappa shape index (κ2) is 6.25. The van der Waals surface area contributed by atoms with Gasteiger partial charge < -0.3 is 11.5 Å². The number of thiol groups is 1. The summed E-state index contributed by atoms with van der Waals surface area (Å²) < 4.78 is 0. The number of carbonyl (C=O) groups excluding carboxylic acids is 2. The summed E-state index contributed by atoms with van der Waals surface area (Å²) in [7, 11) is 0. The highest BCUT2D eigenvalue weighted by atomic mass is 32.1. The number of azide groups is 1. The number of nitrogens with zero attached hydrogens (tertiary/aromatic N) is 3. The minimum absolute atomic E-state index is 0.110. The number of amides is 1. The molecular formula is C6H11N5O2S. The summed E-state index contributed by atoms with van der Waals surface area (Å²) in [6, 6.07) is -0.871. The average molecular weight is 217 g/mol. The van der Waals surface area contributed by atoms with Crippen LogP contribution in [0.15, 0.2) is 5.11 Å². The predicted octanol–water partition coefficient (Wildman–Crippen LogP) is -0.776. The van der Waals surface area contributed by atoms with E-state index in [0.717, 1.165) is 0 Å². The van der Waals surface area contributed by atoms with E-state index >= 15 is 0 Å². The predicted molar refractivity (Wildman–Crippen MR) is 53.5 cm³/mol. The number of carbonyl (C=O) groups is 2. The summed E-state index contributed by atoms with van der Waals surface area (Å²) in [5.74, 6) is -2.45. The van der Waals surface area contributed by atoms with Crippen LogP contribution in [0.5, 0.6) is 0 Å². The Morgan fingerprint density at radius 1 is 1.57 bits per heavy atom. The SMILES string of the molecule is [N-]=[N+]=NCC(C(N)=O)C(=O)[C@@H](N)CS. The molecule has 2 atom stereocenters. The molecule has 1 unspecified atom stereocenters. The molecule has 1 amide bonds. The fourth-order valence-electron chi connectivity index (χ4n) is 0.787. The van der Waals surface area contributed by atoms with Crippen LogP contribution in [0, 0.1) is 5.92 Å². The van der Waals surface area contributed by atoms with Gasteiger partial charge in [-0.2, -0.15) is 12.6 Å². The van der Waals surface area contributed by atoms with Crippen molar-refractivity contribution in [2.24, 2.45) is 22.5 Å². The Labute approximate surface area is 85.9 Å². The average Bonchev–Trinajstić information content (AvgIpc) is 2.16. The summed E-state index contributed by atoms with van der Waals surface area (Å²) in [5, 5.41) is 3.11. The van der Waals surface area contributed by atoms with Crippen molar-refractivity contribution in [3.05, 3.63) is 10.4 Å². The van der Waals surface area contributed by atoms with Crippen molar-refractivity contribution < 1.29 is 9.59 Å². The second-order valence-electron chi connectivity index (χ2n) is 2.56. The zero-order valence-corrected chi connectivity index (χ0v) is 8.22. The van der Waals surface area contributed by atoms with Crippen molar-refractivity contribution in [1.29, 1.82) is 0 Å². The molecule has 0 fully saturated rings. The lowest BCUT2D eigenvalue weighted by atomic mass is 9.99. The summed E-state index contributed by atoms with van der Waals surface area (Å²) in [5.41, 5.74) is 18.3. The molecule has 0 aromatic rings. The first kappa shape index (κ1) is 12.8. The van der Waals surface area contributed by atoms with Gasteiger partial charge in [0.1, 0.15) is 5.92 Å². The lowest BCUT2D eigenvalue weighted by Crippen LogP contribution is -2.43.